The van der Waals surface area contributed by atoms with Crippen LogP contribution in [0.2, 0.25) is 0 Å². The van der Waals surface area contributed by atoms with E-state index < -0.39 is 26.8 Å². The number of para-hydroxylation sites is 1. The number of halogens is 3. The number of fused-ring (bicyclic) bond motifs is 4. The lowest BCUT2D eigenvalue weighted by Crippen LogP contribution is -2.32. The van der Waals surface area contributed by atoms with E-state index in [4.69, 9.17) is 4.18 Å². The number of hydrogen-bond acceptors (Lipinski definition) is 4. The van der Waals surface area contributed by atoms with Crippen molar-refractivity contribution < 1.29 is 25.8 Å². The average molecular weight is 610 g/mol. The van der Waals surface area contributed by atoms with E-state index in [2.05, 4.69) is 44.2 Å². The quantitative estimate of drug-likeness (QED) is 0.147. The monoisotopic (exact) mass is 609 g/mol. The van der Waals surface area contributed by atoms with Gasteiger partial charge in [-0.15, -0.1) is 0 Å². The zero-order valence-electron chi connectivity index (χ0n) is 23.8. The summed E-state index contributed by atoms with van der Waals surface area (Å²) in [5, 5.41) is 3.44. The highest BCUT2D eigenvalue weighted by Crippen LogP contribution is 2.57. The Morgan fingerprint density at radius 3 is 2.09 bits per heavy atom. The molecule has 0 aromatic heterocycles. The van der Waals surface area contributed by atoms with Gasteiger partial charge in [0.15, 0.2) is 5.75 Å². The molecule has 0 unspecified atom stereocenters. The summed E-state index contributed by atoms with van der Waals surface area (Å²) in [5.74, 6) is -0.419. The van der Waals surface area contributed by atoms with Gasteiger partial charge in [-0.1, -0.05) is 111 Å². The second kappa shape index (κ2) is 9.86. The Kier molecular flexibility index (Phi) is 6.27. The van der Waals surface area contributed by atoms with Crippen LogP contribution in [0.15, 0.2) is 121 Å². The molecule has 0 radical (unpaired) electrons. The molecule has 8 heteroatoms. The largest absolute Gasteiger partial charge is 0.534 e. The molecule has 0 spiro atoms. The molecule has 0 bridgehead atoms. The fourth-order valence-electron chi connectivity index (χ4n) is 6.38. The maximum absolute atomic E-state index is 13.6. The minimum absolute atomic E-state index is 0.204. The molecule has 1 aliphatic heterocycles. The van der Waals surface area contributed by atoms with E-state index in [1.54, 1.807) is 18.2 Å². The molecule has 0 saturated carbocycles. The number of hydrogen-bond donors (Lipinski definition) is 0. The predicted octanol–water partition coefficient (Wildman–Crippen LogP) is 10.00. The van der Waals surface area contributed by atoms with Crippen LogP contribution in [0.25, 0.3) is 32.7 Å². The van der Waals surface area contributed by atoms with Crippen LogP contribution in [0.5, 0.6) is 5.75 Å². The summed E-state index contributed by atoms with van der Waals surface area (Å²) in [6.07, 6.45) is 0. The van der Waals surface area contributed by atoms with Gasteiger partial charge < -0.3 is 9.08 Å². The van der Waals surface area contributed by atoms with Gasteiger partial charge in [-0.05, 0) is 62.7 Å². The van der Waals surface area contributed by atoms with Crippen LogP contribution in [0, 0.1) is 0 Å². The van der Waals surface area contributed by atoms with Gasteiger partial charge in [0.25, 0.3) is 0 Å². The molecule has 7 rings (SSSR count). The first-order valence-corrected chi connectivity index (χ1v) is 15.4. The van der Waals surface area contributed by atoms with Crippen molar-refractivity contribution in [3.63, 3.8) is 0 Å². The highest BCUT2D eigenvalue weighted by Gasteiger charge is 2.49. The number of rotatable bonds is 4. The summed E-state index contributed by atoms with van der Waals surface area (Å²) < 4.78 is 70.5. The Balaban J connectivity index is 1.56. The highest BCUT2D eigenvalue weighted by atomic mass is 32.2. The van der Waals surface area contributed by atoms with Gasteiger partial charge in [0, 0.05) is 10.8 Å². The lowest BCUT2D eigenvalue weighted by Gasteiger charge is -2.43. The Morgan fingerprint density at radius 2 is 1.32 bits per heavy atom. The van der Waals surface area contributed by atoms with Crippen LogP contribution >= 0.6 is 0 Å². The van der Waals surface area contributed by atoms with Crippen LogP contribution < -0.4 is 9.08 Å². The van der Waals surface area contributed by atoms with Gasteiger partial charge >= 0.3 is 15.6 Å². The van der Waals surface area contributed by atoms with Gasteiger partial charge in [-0.3, -0.25) is 0 Å². The van der Waals surface area contributed by atoms with Crippen molar-refractivity contribution in [2.24, 2.45) is 0 Å². The summed E-state index contributed by atoms with van der Waals surface area (Å²) in [7, 11) is -5.96. The number of benzene rings is 6. The summed E-state index contributed by atoms with van der Waals surface area (Å²) >= 11 is 0. The molecule has 1 heterocycles. The van der Waals surface area contributed by atoms with Crippen molar-refractivity contribution in [1.82, 2.24) is 0 Å². The van der Waals surface area contributed by atoms with Crippen LogP contribution in [-0.4, -0.2) is 13.9 Å². The third-order valence-electron chi connectivity index (χ3n) is 8.36. The fourth-order valence-corrected chi connectivity index (χ4v) is 6.85. The lowest BCUT2D eigenvalue weighted by molar-refractivity contribution is -0.0499. The van der Waals surface area contributed by atoms with Crippen molar-refractivity contribution in [1.29, 1.82) is 0 Å². The van der Waals surface area contributed by atoms with E-state index in [0.29, 0.717) is 22.1 Å². The summed E-state index contributed by atoms with van der Waals surface area (Å²) in [6.45, 7) is 4.25. The molecule has 1 aliphatic rings. The first-order chi connectivity index (χ1) is 21.0. The predicted molar refractivity (Wildman–Crippen MR) is 169 cm³/mol. The summed E-state index contributed by atoms with van der Waals surface area (Å²) in [4.78, 5) is 1.84. The molecule has 0 fully saturated rings. The van der Waals surface area contributed by atoms with Gasteiger partial charge in [-0.2, -0.15) is 21.6 Å². The Labute approximate surface area is 253 Å². The van der Waals surface area contributed by atoms with E-state index in [0.717, 1.165) is 33.0 Å². The standard InChI is InChI=1S/C36H26F3NO3S/c1-35(2)29-15-7-8-16-30(29)40(31-17-9-14-27(33(31)35)26-19-18-23-10-3-4-12-25(23)22-26)34-28-13-6-5-11-24(28)20-21-32(34)43-44(41,42)36(37,38)39/h3-22H,1-2H3. The van der Waals surface area contributed by atoms with Crippen LogP contribution in [0.4, 0.5) is 30.2 Å². The minimum atomic E-state index is -5.96. The molecule has 0 atom stereocenters. The Hall–Kier alpha value is -4.82. The normalized spacial score (nSPS) is 14.3. The van der Waals surface area contributed by atoms with E-state index in [9.17, 15) is 21.6 Å². The molecule has 0 aliphatic carbocycles. The average Bonchev–Trinajstić information content (AvgIpc) is 3.01. The van der Waals surface area contributed by atoms with Crippen molar-refractivity contribution in [3.8, 4) is 16.9 Å². The molecule has 220 valence electrons. The minimum Gasteiger partial charge on any atom is -0.374 e. The second-order valence-electron chi connectivity index (χ2n) is 11.4. The van der Waals surface area contributed by atoms with Crippen LogP contribution in [0.3, 0.4) is 0 Å². The molecule has 4 nitrogen and oxygen atoms in total. The van der Waals surface area contributed by atoms with E-state index in [-0.39, 0.29) is 5.69 Å². The van der Waals surface area contributed by atoms with Crippen LogP contribution in [-0.2, 0) is 15.5 Å². The molecular weight excluding hydrogens is 583 g/mol. The first kappa shape index (κ1) is 28.0. The fraction of sp³-hybridized carbons (Fsp3) is 0.111. The van der Waals surface area contributed by atoms with E-state index >= 15 is 0 Å². The first-order valence-electron chi connectivity index (χ1n) is 14.0. The van der Waals surface area contributed by atoms with Crippen LogP contribution in [0.1, 0.15) is 25.0 Å². The number of anilines is 3. The van der Waals surface area contributed by atoms with E-state index in [1.807, 2.05) is 71.6 Å². The van der Waals surface area contributed by atoms with Gasteiger partial charge in [0.05, 0.1) is 17.1 Å². The molecule has 44 heavy (non-hydrogen) atoms. The van der Waals surface area contributed by atoms with Gasteiger partial charge in [0.2, 0.25) is 0 Å². The van der Waals surface area contributed by atoms with E-state index in [1.165, 1.54) is 6.07 Å². The maximum Gasteiger partial charge on any atom is 0.534 e. The summed E-state index contributed by atoms with van der Waals surface area (Å²) in [5.41, 5.74) is -0.671. The number of nitrogens with zero attached hydrogens (tertiary/aromatic N) is 1. The molecule has 0 saturated heterocycles. The molecule has 6 aromatic carbocycles. The van der Waals surface area contributed by atoms with Crippen molar-refractivity contribution in [2.75, 3.05) is 4.90 Å². The van der Waals surface area contributed by atoms with Crippen molar-refractivity contribution in [3.05, 3.63) is 132 Å². The van der Waals surface area contributed by atoms with Gasteiger partial charge in [-0.25, -0.2) is 0 Å². The lowest BCUT2D eigenvalue weighted by atomic mass is 9.70. The van der Waals surface area contributed by atoms with Crippen molar-refractivity contribution in [2.45, 2.75) is 24.8 Å². The third-order valence-corrected chi connectivity index (χ3v) is 9.32. The Morgan fingerprint density at radius 1 is 0.682 bits per heavy atom. The zero-order valence-corrected chi connectivity index (χ0v) is 24.6. The Bertz CT molecular complexity index is 2210. The zero-order chi connectivity index (χ0) is 30.9. The second-order valence-corrected chi connectivity index (χ2v) is 12.9. The molecule has 6 aromatic rings. The smallest absolute Gasteiger partial charge is 0.374 e. The van der Waals surface area contributed by atoms with Crippen molar-refractivity contribution >= 4 is 48.7 Å². The third kappa shape index (κ3) is 4.32. The SMILES string of the molecule is CC1(C)c2ccccc2N(c2c(OS(=O)(=O)C(F)(F)F)ccc3ccccc23)c2cccc(-c3ccc4ccccc4c3)c21. The molecular formula is C36H26F3NO3S. The topological polar surface area (TPSA) is 46.6 Å². The summed E-state index contributed by atoms with van der Waals surface area (Å²) in [6, 6.07) is 38.0. The molecule has 0 N–H and O–H groups in total. The molecule has 0 amide bonds. The highest BCUT2D eigenvalue weighted by molar-refractivity contribution is 7.88. The van der Waals surface area contributed by atoms with Gasteiger partial charge in [0.1, 0.15) is 0 Å². The number of alkyl halides is 3. The maximum atomic E-state index is 13.6.